The fourth-order valence-corrected chi connectivity index (χ4v) is 2.58. The second kappa shape index (κ2) is 6.09. The SMILES string of the molecule is CCN(Cc1cc2ccccc2o1)C(C(=O)O)C(C)C. The molecule has 0 fully saturated rings. The van der Waals surface area contributed by atoms with E-state index in [0.717, 1.165) is 16.7 Å². The summed E-state index contributed by atoms with van der Waals surface area (Å²) < 4.78 is 5.78. The Hall–Kier alpha value is -1.81. The van der Waals surface area contributed by atoms with Crippen molar-refractivity contribution in [2.45, 2.75) is 33.4 Å². The number of benzene rings is 1. The van der Waals surface area contributed by atoms with Crippen molar-refractivity contribution in [2.24, 2.45) is 5.92 Å². The topological polar surface area (TPSA) is 53.7 Å². The summed E-state index contributed by atoms with van der Waals surface area (Å²) in [6.45, 7) is 7.02. The molecule has 0 aliphatic carbocycles. The lowest BCUT2D eigenvalue weighted by molar-refractivity contribution is -0.145. The standard InChI is InChI=1S/C16H21NO3/c1-4-17(15(11(2)3)16(18)19)10-13-9-12-7-5-6-8-14(12)20-13/h5-9,11,15H,4,10H2,1-3H3,(H,18,19). The number of carbonyl (C=O) groups is 1. The predicted molar refractivity (Wildman–Crippen MR) is 78.6 cm³/mol. The number of hydrogen-bond donors (Lipinski definition) is 1. The number of carboxylic acids is 1. The summed E-state index contributed by atoms with van der Waals surface area (Å²) in [4.78, 5) is 13.4. The molecule has 0 amide bonds. The van der Waals surface area contributed by atoms with Crippen LogP contribution in [0, 0.1) is 5.92 Å². The van der Waals surface area contributed by atoms with Gasteiger partial charge in [0.15, 0.2) is 0 Å². The molecule has 108 valence electrons. The molecule has 1 unspecified atom stereocenters. The summed E-state index contributed by atoms with van der Waals surface area (Å²) in [7, 11) is 0. The van der Waals surface area contributed by atoms with Gasteiger partial charge in [-0.2, -0.15) is 0 Å². The number of hydrogen-bond acceptors (Lipinski definition) is 3. The molecular weight excluding hydrogens is 254 g/mol. The summed E-state index contributed by atoms with van der Waals surface area (Å²) in [5.41, 5.74) is 0.843. The molecule has 1 N–H and O–H groups in total. The Morgan fingerprint density at radius 3 is 2.60 bits per heavy atom. The van der Waals surface area contributed by atoms with E-state index in [4.69, 9.17) is 4.42 Å². The minimum Gasteiger partial charge on any atom is -0.480 e. The summed E-state index contributed by atoms with van der Waals surface area (Å²) in [6.07, 6.45) is 0. The zero-order valence-electron chi connectivity index (χ0n) is 12.2. The monoisotopic (exact) mass is 275 g/mol. The van der Waals surface area contributed by atoms with Gasteiger partial charge in [-0.3, -0.25) is 9.69 Å². The van der Waals surface area contributed by atoms with Crippen LogP contribution in [0.5, 0.6) is 0 Å². The molecule has 0 saturated carbocycles. The summed E-state index contributed by atoms with van der Waals surface area (Å²) >= 11 is 0. The molecule has 1 heterocycles. The lowest BCUT2D eigenvalue weighted by atomic mass is 10.0. The highest BCUT2D eigenvalue weighted by Crippen LogP contribution is 2.22. The zero-order chi connectivity index (χ0) is 14.7. The lowest BCUT2D eigenvalue weighted by Crippen LogP contribution is -2.44. The number of fused-ring (bicyclic) bond motifs is 1. The third-order valence-electron chi connectivity index (χ3n) is 3.52. The van der Waals surface area contributed by atoms with Gasteiger partial charge in [0.1, 0.15) is 17.4 Å². The van der Waals surface area contributed by atoms with Crippen LogP contribution < -0.4 is 0 Å². The Morgan fingerprint density at radius 2 is 2.05 bits per heavy atom. The molecular formula is C16H21NO3. The fourth-order valence-electron chi connectivity index (χ4n) is 2.58. The van der Waals surface area contributed by atoms with Gasteiger partial charge in [0.05, 0.1) is 6.54 Å². The average molecular weight is 275 g/mol. The van der Waals surface area contributed by atoms with Crippen LogP contribution >= 0.6 is 0 Å². The van der Waals surface area contributed by atoms with E-state index in [0.29, 0.717) is 13.1 Å². The number of para-hydroxylation sites is 1. The van der Waals surface area contributed by atoms with E-state index in [1.54, 1.807) is 0 Å². The molecule has 1 aromatic carbocycles. The number of aliphatic carboxylic acids is 1. The Morgan fingerprint density at radius 1 is 1.35 bits per heavy atom. The van der Waals surface area contributed by atoms with Crippen molar-refractivity contribution < 1.29 is 14.3 Å². The third kappa shape index (κ3) is 3.02. The largest absolute Gasteiger partial charge is 0.480 e. The first-order valence-corrected chi connectivity index (χ1v) is 6.97. The van der Waals surface area contributed by atoms with Crippen LogP contribution in [-0.4, -0.2) is 28.6 Å². The predicted octanol–water partition coefficient (Wildman–Crippen LogP) is 3.36. The smallest absolute Gasteiger partial charge is 0.321 e. The highest BCUT2D eigenvalue weighted by molar-refractivity contribution is 5.77. The van der Waals surface area contributed by atoms with Gasteiger partial charge in [-0.05, 0) is 24.6 Å². The molecule has 4 nitrogen and oxygen atoms in total. The molecule has 2 aromatic rings. The van der Waals surface area contributed by atoms with Crippen LogP contribution in [0.2, 0.25) is 0 Å². The first kappa shape index (κ1) is 14.6. The molecule has 1 atom stereocenters. The van der Waals surface area contributed by atoms with Crippen molar-refractivity contribution in [2.75, 3.05) is 6.54 Å². The van der Waals surface area contributed by atoms with Gasteiger partial charge in [-0.1, -0.05) is 39.0 Å². The summed E-state index contributed by atoms with van der Waals surface area (Å²) in [6, 6.07) is 9.31. The van der Waals surface area contributed by atoms with Gasteiger partial charge in [0.25, 0.3) is 0 Å². The van der Waals surface area contributed by atoms with Gasteiger partial charge in [0, 0.05) is 5.39 Å². The first-order chi connectivity index (χ1) is 9.52. The van der Waals surface area contributed by atoms with E-state index in [2.05, 4.69) is 0 Å². The maximum absolute atomic E-state index is 11.4. The Bertz CT molecular complexity index is 555. The van der Waals surface area contributed by atoms with Crippen LogP contribution in [-0.2, 0) is 11.3 Å². The minimum absolute atomic E-state index is 0.0526. The van der Waals surface area contributed by atoms with E-state index in [1.165, 1.54) is 0 Å². The highest BCUT2D eigenvalue weighted by Gasteiger charge is 2.28. The van der Waals surface area contributed by atoms with Crippen molar-refractivity contribution >= 4 is 16.9 Å². The van der Waals surface area contributed by atoms with E-state index in [-0.39, 0.29) is 5.92 Å². The van der Waals surface area contributed by atoms with Crippen LogP contribution in [0.3, 0.4) is 0 Å². The molecule has 2 rings (SSSR count). The summed E-state index contributed by atoms with van der Waals surface area (Å²) in [5, 5.41) is 10.4. The van der Waals surface area contributed by atoms with Crippen molar-refractivity contribution in [1.29, 1.82) is 0 Å². The van der Waals surface area contributed by atoms with Gasteiger partial charge in [-0.25, -0.2) is 0 Å². The molecule has 20 heavy (non-hydrogen) atoms. The molecule has 4 heteroatoms. The van der Waals surface area contributed by atoms with E-state index in [1.807, 2.05) is 56.0 Å². The summed E-state index contributed by atoms with van der Waals surface area (Å²) in [5.74, 6) is 0.0785. The number of likely N-dealkylation sites (N-methyl/N-ethyl adjacent to an activating group) is 1. The normalized spacial score (nSPS) is 13.2. The van der Waals surface area contributed by atoms with Gasteiger partial charge < -0.3 is 9.52 Å². The van der Waals surface area contributed by atoms with Crippen molar-refractivity contribution in [1.82, 2.24) is 4.90 Å². The van der Waals surface area contributed by atoms with Crippen molar-refractivity contribution in [3.63, 3.8) is 0 Å². The molecule has 0 spiro atoms. The molecule has 1 aromatic heterocycles. The van der Waals surface area contributed by atoms with Gasteiger partial charge in [0.2, 0.25) is 0 Å². The Balaban J connectivity index is 2.22. The minimum atomic E-state index is -0.780. The van der Waals surface area contributed by atoms with Gasteiger partial charge >= 0.3 is 5.97 Å². The van der Waals surface area contributed by atoms with Crippen molar-refractivity contribution in [3.8, 4) is 0 Å². The van der Waals surface area contributed by atoms with E-state index >= 15 is 0 Å². The molecule has 0 radical (unpaired) electrons. The second-order valence-corrected chi connectivity index (χ2v) is 5.34. The van der Waals surface area contributed by atoms with Gasteiger partial charge in [-0.15, -0.1) is 0 Å². The maximum atomic E-state index is 11.4. The highest BCUT2D eigenvalue weighted by atomic mass is 16.4. The molecule has 0 bridgehead atoms. The molecule has 0 aliphatic rings. The Labute approximate surface area is 119 Å². The number of nitrogens with zero attached hydrogens (tertiary/aromatic N) is 1. The van der Waals surface area contributed by atoms with E-state index < -0.39 is 12.0 Å². The second-order valence-electron chi connectivity index (χ2n) is 5.34. The third-order valence-corrected chi connectivity index (χ3v) is 3.52. The maximum Gasteiger partial charge on any atom is 0.321 e. The van der Waals surface area contributed by atoms with Crippen LogP contribution in [0.25, 0.3) is 11.0 Å². The zero-order valence-corrected chi connectivity index (χ0v) is 12.2. The quantitative estimate of drug-likeness (QED) is 0.878. The average Bonchev–Trinajstić information content (AvgIpc) is 2.79. The fraction of sp³-hybridized carbons (Fsp3) is 0.438. The van der Waals surface area contributed by atoms with Crippen LogP contribution in [0.1, 0.15) is 26.5 Å². The Kier molecular flexibility index (Phi) is 4.45. The van der Waals surface area contributed by atoms with Crippen LogP contribution in [0.15, 0.2) is 34.7 Å². The lowest BCUT2D eigenvalue weighted by Gasteiger charge is -2.29. The van der Waals surface area contributed by atoms with Crippen molar-refractivity contribution in [3.05, 3.63) is 36.1 Å². The first-order valence-electron chi connectivity index (χ1n) is 6.97. The number of carboxylic acid groups (broad SMARTS) is 1. The molecule has 0 aliphatic heterocycles. The number of rotatable bonds is 6. The molecule has 0 saturated heterocycles. The number of furan rings is 1. The van der Waals surface area contributed by atoms with E-state index in [9.17, 15) is 9.90 Å². The van der Waals surface area contributed by atoms with Crippen LogP contribution in [0.4, 0.5) is 0 Å².